The minimum absolute atomic E-state index is 0.0351. The highest BCUT2D eigenvalue weighted by Crippen LogP contribution is 2.36. The number of amides is 1. The van der Waals surface area contributed by atoms with Gasteiger partial charge in [-0.1, -0.05) is 0 Å². The van der Waals surface area contributed by atoms with Gasteiger partial charge in [0.2, 0.25) is 0 Å². The Morgan fingerprint density at radius 3 is 2.55 bits per heavy atom. The molecule has 6 rings (SSSR count). The molecule has 2 aromatic heterocycles. The fourth-order valence-corrected chi connectivity index (χ4v) is 8.18. The Morgan fingerprint density at radius 2 is 1.82 bits per heavy atom. The summed E-state index contributed by atoms with van der Waals surface area (Å²) in [6.45, 7) is 3.65. The molecule has 12 heteroatoms. The lowest BCUT2D eigenvalue weighted by Crippen LogP contribution is -2.46. The number of carbonyl (C=O) groups excluding carboxylic acids is 1. The third-order valence-corrected chi connectivity index (χ3v) is 10.3. The van der Waals surface area contributed by atoms with Crippen molar-refractivity contribution in [1.82, 2.24) is 24.3 Å². The van der Waals surface area contributed by atoms with Crippen molar-refractivity contribution in [2.24, 2.45) is 4.99 Å². The van der Waals surface area contributed by atoms with Crippen molar-refractivity contribution in [2.75, 3.05) is 24.6 Å². The normalized spacial score (nSPS) is 24.5. The molecule has 2 aromatic rings. The van der Waals surface area contributed by atoms with Gasteiger partial charge in [-0.05, 0) is 81.2 Å². The van der Waals surface area contributed by atoms with E-state index in [4.69, 9.17) is 0 Å². The van der Waals surface area contributed by atoms with Crippen LogP contribution >= 0.6 is 23.5 Å². The molecule has 38 heavy (non-hydrogen) atoms. The van der Waals surface area contributed by atoms with Crippen molar-refractivity contribution in [3.8, 4) is 0 Å². The molecule has 0 radical (unpaired) electrons. The summed E-state index contributed by atoms with van der Waals surface area (Å²) in [4.78, 5) is 51.9. The molecule has 1 saturated heterocycles. The summed E-state index contributed by atoms with van der Waals surface area (Å²) in [5, 5.41) is 4.22. The topological polar surface area (TPSA) is 102 Å². The van der Waals surface area contributed by atoms with E-state index in [9.17, 15) is 18.8 Å². The van der Waals surface area contributed by atoms with Crippen molar-refractivity contribution in [2.45, 2.75) is 70.0 Å². The SMILES string of the molecule is CC1=C(C(=O)NC2CCC(n3c(=O)c4cc(F)cnc4n(C4CCSCC4)c3=O)CC2)SC2=NCCCN21. The summed E-state index contributed by atoms with van der Waals surface area (Å²) in [5.74, 6) is 1.19. The van der Waals surface area contributed by atoms with Gasteiger partial charge in [0.05, 0.1) is 16.5 Å². The number of fused-ring (bicyclic) bond motifs is 2. The number of thioether (sulfide) groups is 2. The molecule has 4 aliphatic rings. The van der Waals surface area contributed by atoms with Gasteiger partial charge in [-0.25, -0.2) is 14.2 Å². The molecule has 2 fully saturated rings. The monoisotopic (exact) mass is 558 g/mol. The highest BCUT2D eigenvalue weighted by Gasteiger charge is 2.34. The highest BCUT2D eigenvalue weighted by molar-refractivity contribution is 8.18. The molecule has 0 bridgehead atoms. The second-order valence-corrected chi connectivity index (χ2v) is 12.6. The average molecular weight is 559 g/mol. The molecule has 5 heterocycles. The Labute approximate surface area is 228 Å². The van der Waals surface area contributed by atoms with E-state index in [-0.39, 0.29) is 40.8 Å². The van der Waals surface area contributed by atoms with E-state index in [1.165, 1.54) is 22.4 Å². The molecule has 0 aromatic carbocycles. The zero-order chi connectivity index (χ0) is 26.4. The quantitative estimate of drug-likeness (QED) is 0.614. The molecular weight excluding hydrogens is 527 g/mol. The van der Waals surface area contributed by atoms with Crippen LogP contribution in [0, 0.1) is 5.82 Å². The number of aliphatic imine (C=N–C) groups is 1. The molecule has 202 valence electrons. The van der Waals surface area contributed by atoms with Crippen LogP contribution in [-0.2, 0) is 4.79 Å². The number of amidine groups is 1. The van der Waals surface area contributed by atoms with Crippen LogP contribution < -0.4 is 16.6 Å². The maximum absolute atomic E-state index is 14.1. The summed E-state index contributed by atoms with van der Waals surface area (Å²) >= 11 is 3.28. The lowest BCUT2D eigenvalue weighted by atomic mass is 9.90. The Bertz CT molecular complexity index is 1450. The van der Waals surface area contributed by atoms with Gasteiger partial charge in [0.1, 0.15) is 11.5 Å². The van der Waals surface area contributed by atoms with E-state index in [1.807, 2.05) is 18.7 Å². The fourth-order valence-electron chi connectivity index (χ4n) is 6.01. The molecule has 1 aliphatic carbocycles. The largest absolute Gasteiger partial charge is 0.349 e. The number of rotatable bonds is 4. The van der Waals surface area contributed by atoms with Crippen LogP contribution in [0.4, 0.5) is 4.39 Å². The number of pyridine rings is 1. The smallest absolute Gasteiger partial charge is 0.333 e. The van der Waals surface area contributed by atoms with Gasteiger partial charge in [-0.3, -0.25) is 23.7 Å². The number of hydrogen-bond donors (Lipinski definition) is 1. The Morgan fingerprint density at radius 1 is 1.08 bits per heavy atom. The molecule has 0 atom stereocenters. The summed E-state index contributed by atoms with van der Waals surface area (Å²) in [5.41, 5.74) is 0.386. The van der Waals surface area contributed by atoms with Crippen LogP contribution in [0.3, 0.4) is 0 Å². The molecule has 0 unspecified atom stereocenters. The number of carbonyl (C=O) groups is 1. The first-order valence-electron chi connectivity index (χ1n) is 13.3. The average Bonchev–Trinajstić information content (AvgIpc) is 3.27. The predicted octanol–water partition coefficient (Wildman–Crippen LogP) is 3.41. The maximum atomic E-state index is 14.1. The van der Waals surface area contributed by atoms with Gasteiger partial charge in [0.15, 0.2) is 5.17 Å². The van der Waals surface area contributed by atoms with Gasteiger partial charge in [0.25, 0.3) is 11.5 Å². The number of nitrogens with zero attached hydrogens (tertiary/aromatic N) is 5. The van der Waals surface area contributed by atoms with E-state index in [1.54, 1.807) is 4.57 Å². The van der Waals surface area contributed by atoms with Gasteiger partial charge in [-0.2, -0.15) is 11.8 Å². The van der Waals surface area contributed by atoms with Gasteiger partial charge < -0.3 is 10.2 Å². The van der Waals surface area contributed by atoms with E-state index in [2.05, 4.69) is 20.2 Å². The summed E-state index contributed by atoms with van der Waals surface area (Å²) < 4.78 is 17.1. The number of nitrogens with one attached hydrogen (secondary N) is 1. The van der Waals surface area contributed by atoms with Crippen molar-refractivity contribution in [1.29, 1.82) is 0 Å². The third-order valence-electron chi connectivity index (χ3n) is 8.03. The first-order valence-corrected chi connectivity index (χ1v) is 15.3. The molecular formula is C26H31FN6O3S2. The number of halogens is 1. The van der Waals surface area contributed by atoms with Crippen LogP contribution in [0.15, 0.2) is 37.4 Å². The summed E-state index contributed by atoms with van der Waals surface area (Å²) in [6, 6.07) is 0.807. The van der Waals surface area contributed by atoms with Gasteiger partial charge in [0, 0.05) is 36.9 Å². The predicted molar refractivity (Wildman–Crippen MR) is 149 cm³/mol. The van der Waals surface area contributed by atoms with Crippen molar-refractivity contribution >= 4 is 45.6 Å². The molecule has 1 saturated carbocycles. The van der Waals surface area contributed by atoms with Crippen molar-refractivity contribution in [3.63, 3.8) is 0 Å². The van der Waals surface area contributed by atoms with Crippen LogP contribution in [-0.4, -0.2) is 60.7 Å². The standard InChI is InChI=1S/C26H31FN6O3S2/c1-15-21(38-25-28-9-2-10-31(15)25)23(34)30-17-3-5-18(6-4-17)33-24(35)20-13-16(27)14-29-22(20)32(26(33)36)19-7-11-37-12-8-19/h13-14,17-19H,2-12H2,1H3,(H,30,34). The van der Waals surface area contributed by atoms with Crippen LogP contribution in [0.5, 0.6) is 0 Å². The van der Waals surface area contributed by atoms with E-state index in [0.29, 0.717) is 30.6 Å². The Balaban J connectivity index is 1.23. The van der Waals surface area contributed by atoms with Crippen LogP contribution in [0.1, 0.15) is 64.0 Å². The minimum Gasteiger partial charge on any atom is -0.349 e. The van der Waals surface area contributed by atoms with E-state index >= 15 is 0 Å². The number of allylic oxidation sites excluding steroid dienone is 1. The van der Waals surface area contributed by atoms with E-state index in [0.717, 1.165) is 60.9 Å². The first-order chi connectivity index (χ1) is 18.4. The van der Waals surface area contributed by atoms with Crippen molar-refractivity contribution in [3.05, 3.63) is 49.5 Å². The highest BCUT2D eigenvalue weighted by atomic mass is 32.2. The zero-order valence-electron chi connectivity index (χ0n) is 21.3. The third kappa shape index (κ3) is 4.59. The molecule has 1 amide bonds. The Hall–Kier alpha value is -2.60. The van der Waals surface area contributed by atoms with Crippen LogP contribution in [0.2, 0.25) is 0 Å². The summed E-state index contributed by atoms with van der Waals surface area (Å²) in [7, 11) is 0. The van der Waals surface area contributed by atoms with Gasteiger partial charge >= 0.3 is 5.69 Å². The first kappa shape index (κ1) is 25.7. The van der Waals surface area contributed by atoms with Crippen LogP contribution in [0.25, 0.3) is 11.0 Å². The number of aromatic nitrogens is 3. The fraction of sp³-hybridized carbons (Fsp3) is 0.577. The maximum Gasteiger partial charge on any atom is 0.333 e. The molecule has 0 spiro atoms. The molecule has 9 nitrogen and oxygen atoms in total. The minimum atomic E-state index is -0.589. The lowest BCUT2D eigenvalue weighted by molar-refractivity contribution is -0.117. The lowest BCUT2D eigenvalue weighted by Gasteiger charge is -2.31. The second kappa shape index (κ2) is 10.5. The van der Waals surface area contributed by atoms with Crippen molar-refractivity contribution < 1.29 is 9.18 Å². The van der Waals surface area contributed by atoms with E-state index < -0.39 is 11.4 Å². The Kier molecular flexibility index (Phi) is 7.10. The molecule has 1 N–H and O–H groups in total. The molecule has 3 aliphatic heterocycles. The zero-order valence-corrected chi connectivity index (χ0v) is 23.0. The number of hydrogen-bond acceptors (Lipinski definition) is 8. The van der Waals surface area contributed by atoms with Gasteiger partial charge in [-0.15, -0.1) is 0 Å². The second-order valence-electron chi connectivity index (χ2n) is 10.4. The summed E-state index contributed by atoms with van der Waals surface area (Å²) in [6.07, 6.45) is 6.16.